The molecule has 194 valence electrons. The Kier molecular flexibility index (Phi) is 22.2. The minimum atomic E-state index is 0. The molecule has 0 fully saturated rings. The van der Waals surface area contributed by atoms with Crippen LogP contribution in [0.5, 0.6) is 11.5 Å². The van der Waals surface area contributed by atoms with Crippen molar-refractivity contribution in [2.24, 2.45) is 0 Å². The zero-order valence-electron chi connectivity index (χ0n) is 20.6. The Hall–Kier alpha value is -0.760. The number of rotatable bonds is 19. The van der Waals surface area contributed by atoms with Crippen LogP contribution < -0.4 is 44.9 Å². The predicted octanol–water partition coefficient (Wildman–Crippen LogP) is -2.16. The highest BCUT2D eigenvalue weighted by atomic mass is 35.5. The topological polar surface area (TPSA) is 51.7 Å². The Morgan fingerprint density at radius 3 is 1.32 bits per heavy atom. The third-order valence-corrected chi connectivity index (χ3v) is 7.55. The van der Waals surface area contributed by atoms with E-state index in [1.165, 1.54) is 61.7 Å². The molecule has 0 bridgehead atoms. The molecule has 0 saturated carbocycles. The van der Waals surface area contributed by atoms with E-state index >= 15 is 0 Å². The van der Waals surface area contributed by atoms with Crippen molar-refractivity contribution < 1.29 is 44.9 Å². The lowest BCUT2D eigenvalue weighted by Gasteiger charge is -2.06. The number of nitrogens with two attached hydrogens (primary N) is 2. The van der Waals surface area contributed by atoms with Crippen LogP contribution in [-0.2, 0) is 0 Å². The van der Waals surface area contributed by atoms with Gasteiger partial charge in [0.2, 0.25) is 0 Å². The predicted molar refractivity (Wildman–Crippen MR) is 140 cm³/mol. The van der Waals surface area contributed by atoms with Gasteiger partial charge >= 0.3 is 0 Å². The van der Waals surface area contributed by atoms with E-state index in [0.29, 0.717) is 0 Å². The van der Waals surface area contributed by atoms with E-state index in [2.05, 4.69) is 73.0 Å². The van der Waals surface area contributed by atoms with Crippen LogP contribution in [0.4, 0.5) is 0 Å². The van der Waals surface area contributed by atoms with Crippen molar-refractivity contribution in [3.05, 3.63) is 59.7 Å². The van der Waals surface area contributed by atoms with E-state index in [-0.39, 0.29) is 24.8 Å². The molecule has 0 radical (unpaired) electrons. The van der Waals surface area contributed by atoms with Gasteiger partial charge in [0.25, 0.3) is 0 Å². The molecule has 34 heavy (non-hydrogen) atoms. The molecule has 8 heteroatoms. The third-order valence-electron chi connectivity index (χ3n) is 5.08. The smallest absolute Gasteiger partial charge is 0.119 e. The van der Waals surface area contributed by atoms with Crippen LogP contribution in [0.15, 0.2) is 48.5 Å². The quantitative estimate of drug-likeness (QED) is 0.155. The summed E-state index contributed by atoms with van der Waals surface area (Å²) in [5, 5.41) is 4.87. The summed E-state index contributed by atoms with van der Waals surface area (Å²) in [5.41, 5.74) is 2.55. The highest BCUT2D eigenvalue weighted by Crippen LogP contribution is 2.18. The van der Waals surface area contributed by atoms with Crippen LogP contribution in [0.1, 0.15) is 36.8 Å². The van der Waals surface area contributed by atoms with Crippen molar-refractivity contribution in [1.29, 1.82) is 0 Å². The Balaban J connectivity index is 0.00000544. The van der Waals surface area contributed by atoms with E-state index in [9.17, 15) is 0 Å². The zero-order valence-corrected chi connectivity index (χ0v) is 23.8. The molecule has 0 aliphatic rings. The lowest BCUT2D eigenvalue weighted by Crippen LogP contribution is -3.00. The molecule has 0 aliphatic heterocycles. The van der Waals surface area contributed by atoms with Gasteiger partial charge in [-0.15, -0.1) is 0 Å². The molecule has 4 N–H and O–H groups in total. The fourth-order valence-electron chi connectivity index (χ4n) is 3.10. The van der Waals surface area contributed by atoms with Gasteiger partial charge in [-0.1, -0.05) is 57.0 Å². The fraction of sp³-hybridized carbons (Fsp3) is 0.538. The summed E-state index contributed by atoms with van der Waals surface area (Å²) >= 11 is 0. The second-order valence-electron chi connectivity index (χ2n) is 8.11. The number of hydrogen-bond acceptors (Lipinski definition) is 4. The molecule has 2 aromatic rings. The van der Waals surface area contributed by atoms with Crippen LogP contribution in [0, 0.1) is 13.8 Å². The number of benzene rings is 2. The molecule has 2 aromatic carbocycles. The molecule has 0 heterocycles. The second-order valence-corrected chi connectivity index (χ2v) is 10.8. The number of halogens is 2. The van der Waals surface area contributed by atoms with Crippen LogP contribution in [0.2, 0.25) is 0 Å². The first-order valence-corrected chi connectivity index (χ1v) is 14.5. The molecule has 0 spiro atoms. The fourth-order valence-corrected chi connectivity index (χ4v) is 5.15. The zero-order chi connectivity index (χ0) is 22.7. The molecule has 0 saturated heterocycles. The summed E-state index contributed by atoms with van der Waals surface area (Å²) in [6.45, 7) is 10.6. The monoisotopic (exact) mass is 548 g/mol. The molecular formula is C26H42Cl2N2O2S2. The molecule has 2 rings (SSSR count). The summed E-state index contributed by atoms with van der Waals surface area (Å²) in [6.07, 6.45) is 4.68. The summed E-state index contributed by atoms with van der Waals surface area (Å²) in [6, 6.07) is 16.6. The van der Waals surface area contributed by atoms with Gasteiger partial charge in [-0.2, -0.15) is 0 Å². The van der Waals surface area contributed by atoms with Gasteiger partial charge in [0, 0.05) is 0 Å². The van der Waals surface area contributed by atoms with E-state index in [1.807, 2.05) is 21.6 Å². The lowest BCUT2D eigenvalue weighted by atomic mass is 10.2. The number of unbranched alkanes of at least 4 members (excludes halogenated alkanes) is 2. The van der Waals surface area contributed by atoms with Crippen molar-refractivity contribution in [1.82, 2.24) is 0 Å². The highest BCUT2D eigenvalue weighted by molar-refractivity contribution is 8.76. The van der Waals surface area contributed by atoms with Gasteiger partial charge in [0.05, 0.1) is 50.9 Å². The van der Waals surface area contributed by atoms with Gasteiger partial charge in [-0.3, -0.25) is 0 Å². The van der Waals surface area contributed by atoms with Crippen LogP contribution >= 0.6 is 21.6 Å². The Labute approximate surface area is 227 Å². The Morgan fingerprint density at radius 2 is 0.941 bits per heavy atom. The highest BCUT2D eigenvalue weighted by Gasteiger charge is 1.98. The van der Waals surface area contributed by atoms with Crippen LogP contribution in [-0.4, -0.2) is 50.9 Å². The molecule has 0 unspecified atom stereocenters. The SMILES string of the molecule is Cc1ccc(OCCCC[NH2+]CCSSCC[NH2+]CCCCOc2ccc(C)cc2)cc1.[Cl-].[Cl-]. The summed E-state index contributed by atoms with van der Waals surface area (Å²) in [5.74, 6) is 4.41. The maximum absolute atomic E-state index is 5.77. The van der Waals surface area contributed by atoms with Gasteiger partial charge in [-0.25, -0.2) is 0 Å². The van der Waals surface area contributed by atoms with Crippen molar-refractivity contribution in [2.45, 2.75) is 39.5 Å². The van der Waals surface area contributed by atoms with Gasteiger partial charge in [0.15, 0.2) is 0 Å². The molecule has 0 aromatic heterocycles. The molecule has 0 aliphatic carbocycles. The summed E-state index contributed by atoms with van der Waals surface area (Å²) in [7, 11) is 4.02. The lowest BCUT2D eigenvalue weighted by molar-refractivity contribution is -0.651. The van der Waals surface area contributed by atoms with Crippen molar-refractivity contribution in [2.75, 3.05) is 50.9 Å². The number of hydrogen-bond donors (Lipinski definition) is 2. The van der Waals surface area contributed by atoms with Gasteiger partial charge < -0.3 is 44.9 Å². The number of ether oxygens (including phenoxy) is 2. The normalized spacial score (nSPS) is 10.3. The minimum Gasteiger partial charge on any atom is -1.00 e. The Morgan fingerprint density at radius 1 is 0.559 bits per heavy atom. The summed E-state index contributed by atoms with van der Waals surface area (Å²) < 4.78 is 11.5. The standard InChI is InChI=1S/C26H40N2O2S2.2ClH/c1-23-7-11-25(12-8-23)29-19-5-3-15-27-17-21-31-32-22-18-28-16-4-6-20-30-26-13-9-24(2)10-14-26;;/h7-14,27-28H,3-6,15-22H2,1-2H3;2*1H. The average molecular weight is 550 g/mol. The minimum absolute atomic E-state index is 0. The maximum atomic E-state index is 5.77. The summed E-state index contributed by atoms with van der Waals surface area (Å²) in [4.78, 5) is 0. The van der Waals surface area contributed by atoms with Crippen molar-refractivity contribution in [3.63, 3.8) is 0 Å². The Bertz CT molecular complexity index is 645. The second kappa shape index (κ2) is 22.7. The van der Waals surface area contributed by atoms with Gasteiger partial charge in [0.1, 0.15) is 11.5 Å². The molecule has 0 atom stereocenters. The van der Waals surface area contributed by atoms with Crippen molar-refractivity contribution in [3.8, 4) is 11.5 Å². The molecule has 0 amide bonds. The van der Waals surface area contributed by atoms with E-state index < -0.39 is 0 Å². The first kappa shape index (κ1) is 33.2. The van der Waals surface area contributed by atoms with E-state index in [0.717, 1.165) is 37.6 Å². The average Bonchev–Trinajstić information content (AvgIpc) is 2.80. The maximum Gasteiger partial charge on any atom is 0.119 e. The van der Waals surface area contributed by atoms with E-state index in [1.54, 1.807) is 0 Å². The number of aryl methyl sites for hydroxylation is 2. The van der Waals surface area contributed by atoms with Crippen LogP contribution in [0.25, 0.3) is 0 Å². The van der Waals surface area contributed by atoms with E-state index in [4.69, 9.17) is 9.47 Å². The molecular weight excluding hydrogens is 507 g/mol. The third kappa shape index (κ3) is 17.6. The van der Waals surface area contributed by atoms with Gasteiger partial charge in [-0.05, 0) is 63.8 Å². The van der Waals surface area contributed by atoms with Crippen molar-refractivity contribution >= 4 is 21.6 Å². The number of quaternary nitrogens is 2. The van der Waals surface area contributed by atoms with Crippen LogP contribution in [0.3, 0.4) is 0 Å². The molecule has 4 nitrogen and oxygen atoms in total. The first-order chi connectivity index (χ1) is 15.7. The first-order valence-electron chi connectivity index (χ1n) is 12.0. The largest absolute Gasteiger partial charge is 1.00 e.